The van der Waals surface area contributed by atoms with Crippen molar-refractivity contribution < 1.29 is 9.47 Å². The van der Waals surface area contributed by atoms with Gasteiger partial charge in [0.1, 0.15) is 12.4 Å². The van der Waals surface area contributed by atoms with E-state index in [1.165, 1.54) is 18.4 Å². The molecule has 1 aromatic carbocycles. The summed E-state index contributed by atoms with van der Waals surface area (Å²) in [6.45, 7) is 8.54. The Morgan fingerprint density at radius 3 is 2.65 bits per heavy atom. The lowest BCUT2D eigenvalue weighted by Crippen LogP contribution is -2.39. The fourth-order valence-corrected chi connectivity index (χ4v) is 2.07. The standard InChI is InChI=1S/C18H29N3O2/c1-3-19-18(20-10-12-22-14-16-6-7-16)21-11-13-23-17-8-4-15(2)5-9-17/h4-5,8-9,16H,3,6-7,10-14H2,1-2H3,(H2,19,20,21). The van der Waals surface area contributed by atoms with Gasteiger partial charge in [0.2, 0.25) is 0 Å². The number of benzene rings is 1. The third-order valence-corrected chi connectivity index (χ3v) is 3.58. The number of aryl methyl sites for hydroxylation is 1. The summed E-state index contributed by atoms with van der Waals surface area (Å²) in [5, 5.41) is 6.50. The molecule has 0 aliphatic heterocycles. The molecule has 0 heterocycles. The number of guanidine groups is 1. The smallest absolute Gasteiger partial charge is 0.191 e. The van der Waals surface area contributed by atoms with Crippen LogP contribution in [0.2, 0.25) is 0 Å². The predicted molar refractivity (Wildman–Crippen MR) is 94.2 cm³/mol. The normalized spacial score (nSPS) is 14.6. The molecule has 0 spiro atoms. The van der Waals surface area contributed by atoms with Crippen molar-refractivity contribution in [3.63, 3.8) is 0 Å². The van der Waals surface area contributed by atoms with E-state index in [1.807, 2.05) is 12.1 Å². The van der Waals surface area contributed by atoms with Gasteiger partial charge in [-0.25, -0.2) is 0 Å². The van der Waals surface area contributed by atoms with Crippen LogP contribution in [0.15, 0.2) is 29.3 Å². The third kappa shape index (κ3) is 7.88. The highest BCUT2D eigenvalue weighted by molar-refractivity contribution is 5.79. The molecule has 1 aliphatic carbocycles. The van der Waals surface area contributed by atoms with Crippen molar-refractivity contribution in [3.05, 3.63) is 29.8 Å². The molecule has 5 nitrogen and oxygen atoms in total. The van der Waals surface area contributed by atoms with Gasteiger partial charge in [-0.1, -0.05) is 17.7 Å². The second-order valence-electron chi connectivity index (χ2n) is 5.87. The molecule has 0 saturated heterocycles. The molecule has 1 aromatic rings. The molecule has 0 bridgehead atoms. The molecule has 23 heavy (non-hydrogen) atoms. The van der Waals surface area contributed by atoms with E-state index in [9.17, 15) is 0 Å². The Balaban J connectivity index is 1.59. The van der Waals surface area contributed by atoms with E-state index in [1.54, 1.807) is 0 Å². The maximum Gasteiger partial charge on any atom is 0.191 e. The van der Waals surface area contributed by atoms with Crippen molar-refractivity contribution in [2.75, 3.05) is 39.5 Å². The van der Waals surface area contributed by atoms with Gasteiger partial charge in [0.05, 0.1) is 19.7 Å². The molecule has 0 radical (unpaired) electrons. The SMILES string of the molecule is CCNC(=NCCOCC1CC1)NCCOc1ccc(C)cc1. The van der Waals surface area contributed by atoms with E-state index in [0.717, 1.165) is 30.8 Å². The Hall–Kier alpha value is -1.75. The first-order chi connectivity index (χ1) is 11.3. The molecule has 2 rings (SSSR count). The summed E-state index contributed by atoms with van der Waals surface area (Å²) >= 11 is 0. The van der Waals surface area contributed by atoms with Gasteiger partial charge in [-0.2, -0.15) is 0 Å². The number of nitrogens with zero attached hydrogens (tertiary/aromatic N) is 1. The highest BCUT2D eigenvalue weighted by Crippen LogP contribution is 2.28. The lowest BCUT2D eigenvalue weighted by molar-refractivity contribution is 0.131. The molecule has 1 saturated carbocycles. The molecule has 128 valence electrons. The van der Waals surface area contributed by atoms with Crippen LogP contribution in [0.1, 0.15) is 25.3 Å². The van der Waals surface area contributed by atoms with E-state index >= 15 is 0 Å². The van der Waals surface area contributed by atoms with E-state index < -0.39 is 0 Å². The molecular formula is C18H29N3O2. The van der Waals surface area contributed by atoms with Crippen LogP contribution >= 0.6 is 0 Å². The fourth-order valence-electron chi connectivity index (χ4n) is 2.07. The van der Waals surface area contributed by atoms with Crippen LogP contribution in [-0.2, 0) is 4.74 Å². The van der Waals surface area contributed by atoms with Crippen LogP contribution in [0.25, 0.3) is 0 Å². The minimum absolute atomic E-state index is 0.603. The Morgan fingerprint density at radius 1 is 1.17 bits per heavy atom. The lowest BCUT2D eigenvalue weighted by atomic mass is 10.2. The van der Waals surface area contributed by atoms with Gasteiger partial charge in [-0.05, 0) is 44.7 Å². The maximum atomic E-state index is 5.70. The number of aliphatic imine (C=N–C) groups is 1. The zero-order chi connectivity index (χ0) is 16.3. The van der Waals surface area contributed by atoms with Gasteiger partial charge in [0.25, 0.3) is 0 Å². The second-order valence-corrected chi connectivity index (χ2v) is 5.87. The molecule has 5 heteroatoms. The maximum absolute atomic E-state index is 5.70. The Labute approximate surface area is 139 Å². The number of nitrogens with one attached hydrogen (secondary N) is 2. The summed E-state index contributed by atoms with van der Waals surface area (Å²) in [4.78, 5) is 4.50. The van der Waals surface area contributed by atoms with Crippen molar-refractivity contribution in [3.8, 4) is 5.75 Å². The molecule has 0 unspecified atom stereocenters. The highest BCUT2D eigenvalue weighted by atomic mass is 16.5. The van der Waals surface area contributed by atoms with E-state index in [0.29, 0.717) is 26.3 Å². The third-order valence-electron chi connectivity index (χ3n) is 3.58. The quantitative estimate of drug-likeness (QED) is 0.395. The fraction of sp³-hybridized carbons (Fsp3) is 0.611. The number of hydrogen-bond acceptors (Lipinski definition) is 3. The summed E-state index contributed by atoms with van der Waals surface area (Å²) in [7, 11) is 0. The molecule has 0 amide bonds. The van der Waals surface area contributed by atoms with Crippen molar-refractivity contribution in [1.29, 1.82) is 0 Å². The Bertz CT molecular complexity index is 470. The first-order valence-corrected chi connectivity index (χ1v) is 8.57. The van der Waals surface area contributed by atoms with Crippen LogP contribution in [0.3, 0.4) is 0 Å². The Kier molecular flexibility index (Phi) is 7.73. The summed E-state index contributed by atoms with van der Waals surface area (Å²) in [6.07, 6.45) is 2.66. The van der Waals surface area contributed by atoms with Gasteiger partial charge in [0.15, 0.2) is 5.96 Å². The van der Waals surface area contributed by atoms with Crippen molar-refractivity contribution in [2.24, 2.45) is 10.9 Å². The van der Waals surface area contributed by atoms with Crippen LogP contribution in [0, 0.1) is 12.8 Å². The van der Waals surface area contributed by atoms with Gasteiger partial charge in [-0.15, -0.1) is 0 Å². The van der Waals surface area contributed by atoms with E-state index in [4.69, 9.17) is 9.47 Å². The minimum Gasteiger partial charge on any atom is -0.492 e. The van der Waals surface area contributed by atoms with Gasteiger partial charge in [-0.3, -0.25) is 4.99 Å². The zero-order valence-electron chi connectivity index (χ0n) is 14.3. The van der Waals surface area contributed by atoms with Gasteiger partial charge >= 0.3 is 0 Å². The number of ether oxygens (including phenoxy) is 2. The minimum atomic E-state index is 0.603. The first kappa shape index (κ1) is 17.6. The van der Waals surface area contributed by atoms with Crippen LogP contribution in [0.5, 0.6) is 5.75 Å². The summed E-state index contributed by atoms with van der Waals surface area (Å²) in [6, 6.07) is 8.09. The molecule has 1 fully saturated rings. The number of hydrogen-bond donors (Lipinski definition) is 2. The summed E-state index contributed by atoms with van der Waals surface area (Å²) < 4.78 is 11.3. The van der Waals surface area contributed by atoms with Crippen molar-refractivity contribution >= 4 is 5.96 Å². The second kappa shape index (κ2) is 10.1. The van der Waals surface area contributed by atoms with Crippen LogP contribution in [0.4, 0.5) is 0 Å². The Morgan fingerprint density at radius 2 is 1.96 bits per heavy atom. The molecule has 0 aromatic heterocycles. The highest BCUT2D eigenvalue weighted by Gasteiger charge is 2.20. The summed E-state index contributed by atoms with van der Waals surface area (Å²) in [5.41, 5.74) is 1.24. The predicted octanol–water partition coefficient (Wildman–Crippen LogP) is 2.36. The zero-order valence-corrected chi connectivity index (χ0v) is 14.3. The molecule has 0 atom stereocenters. The van der Waals surface area contributed by atoms with E-state index in [2.05, 4.69) is 41.6 Å². The lowest BCUT2D eigenvalue weighted by Gasteiger charge is -2.12. The average molecular weight is 319 g/mol. The van der Waals surface area contributed by atoms with Crippen LogP contribution < -0.4 is 15.4 Å². The van der Waals surface area contributed by atoms with Crippen LogP contribution in [-0.4, -0.2) is 45.4 Å². The number of rotatable bonds is 10. The first-order valence-electron chi connectivity index (χ1n) is 8.57. The average Bonchev–Trinajstić information content (AvgIpc) is 3.37. The summed E-state index contributed by atoms with van der Waals surface area (Å²) in [5.74, 6) is 2.52. The monoisotopic (exact) mass is 319 g/mol. The van der Waals surface area contributed by atoms with Gasteiger partial charge in [0, 0.05) is 13.2 Å². The van der Waals surface area contributed by atoms with E-state index in [-0.39, 0.29) is 0 Å². The topological polar surface area (TPSA) is 54.9 Å². The largest absolute Gasteiger partial charge is 0.492 e. The van der Waals surface area contributed by atoms with Crippen molar-refractivity contribution in [1.82, 2.24) is 10.6 Å². The molecular weight excluding hydrogens is 290 g/mol. The molecule has 2 N–H and O–H groups in total. The van der Waals surface area contributed by atoms with Crippen molar-refractivity contribution in [2.45, 2.75) is 26.7 Å². The van der Waals surface area contributed by atoms with Gasteiger partial charge < -0.3 is 20.1 Å². The molecule has 1 aliphatic rings.